The zero-order valence-electron chi connectivity index (χ0n) is 9.35. The maximum absolute atomic E-state index is 11.8. The second-order valence-corrected chi connectivity index (χ2v) is 4.49. The molecule has 2 aromatic rings. The van der Waals surface area contributed by atoms with Crippen molar-refractivity contribution in [2.45, 2.75) is 13.0 Å². The van der Waals surface area contributed by atoms with Crippen LogP contribution in [-0.4, -0.2) is 5.91 Å². The van der Waals surface area contributed by atoms with E-state index < -0.39 is 0 Å². The smallest absolute Gasteiger partial charge is 0.228 e. The lowest BCUT2D eigenvalue weighted by Gasteiger charge is -2.07. The summed E-state index contributed by atoms with van der Waals surface area (Å²) in [4.78, 5) is 11.8. The van der Waals surface area contributed by atoms with Crippen LogP contribution in [0.25, 0.3) is 0 Å². The Kier molecular flexibility index (Phi) is 3.90. The van der Waals surface area contributed by atoms with Crippen LogP contribution in [-0.2, 0) is 17.8 Å². The van der Waals surface area contributed by atoms with Crippen LogP contribution >= 0.6 is 11.3 Å². The Balaban J connectivity index is 2.03. The number of thiophene rings is 1. The van der Waals surface area contributed by atoms with Gasteiger partial charge < -0.3 is 11.1 Å². The number of carbonyl (C=O) groups is 1. The van der Waals surface area contributed by atoms with Crippen molar-refractivity contribution in [1.82, 2.24) is 0 Å². The van der Waals surface area contributed by atoms with Crippen molar-refractivity contribution in [2.75, 3.05) is 5.32 Å². The van der Waals surface area contributed by atoms with E-state index in [1.807, 2.05) is 41.1 Å². The minimum absolute atomic E-state index is 0.00991. The van der Waals surface area contributed by atoms with Crippen LogP contribution in [0.5, 0.6) is 0 Å². The monoisotopic (exact) mass is 246 g/mol. The number of amides is 1. The predicted molar refractivity (Wildman–Crippen MR) is 71.0 cm³/mol. The molecule has 0 aliphatic carbocycles. The van der Waals surface area contributed by atoms with E-state index in [0.717, 1.165) is 16.8 Å². The largest absolute Gasteiger partial charge is 0.326 e. The third-order valence-corrected chi connectivity index (χ3v) is 3.18. The van der Waals surface area contributed by atoms with E-state index in [4.69, 9.17) is 5.73 Å². The Bertz CT molecular complexity index is 494. The van der Waals surface area contributed by atoms with Crippen LogP contribution in [0.4, 0.5) is 5.69 Å². The normalized spacial score (nSPS) is 10.2. The maximum atomic E-state index is 11.8. The fraction of sp³-hybridized carbons (Fsp3) is 0.154. The highest BCUT2D eigenvalue weighted by Crippen LogP contribution is 2.13. The molecule has 1 amide bonds. The summed E-state index contributed by atoms with van der Waals surface area (Å²) in [5.74, 6) is -0.00991. The lowest BCUT2D eigenvalue weighted by molar-refractivity contribution is -0.115. The molecular weight excluding hydrogens is 232 g/mol. The van der Waals surface area contributed by atoms with Crippen LogP contribution in [0.3, 0.4) is 0 Å². The third kappa shape index (κ3) is 3.15. The molecule has 1 heterocycles. The fourth-order valence-electron chi connectivity index (χ4n) is 1.64. The van der Waals surface area contributed by atoms with Gasteiger partial charge in [0, 0.05) is 11.9 Å². The van der Waals surface area contributed by atoms with E-state index in [0.29, 0.717) is 13.0 Å². The molecule has 0 bridgehead atoms. The second-order valence-electron chi connectivity index (χ2n) is 3.71. The van der Waals surface area contributed by atoms with E-state index in [2.05, 4.69) is 5.32 Å². The van der Waals surface area contributed by atoms with Crippen molar-refractivity contribution in [3.8, 4) is 0 Å². The molecule has 4 heteroatoms. The number of nitrogens with two attached hydrogens (primary N) is 1. The zero-order chi connectivity index (χ0) is 12.1. The lowest BCUT2D eigenvalue weighted by atomic mass is 10.0. The van der Waals surface area contributed by atoms with E-state index >= 15 is 0 Å². The highest BCUT2D eigenvalue weighted by molar-refractivity contribution is 7.08. The number of nitrogens with one attached hydrogen (secondary N) is 1. The van der Waals surface area contributed by atoms with Crippen molar-refractivity contribution in [3.05, 3.63) is 52.2 Å². The van der Waals surface area contributed by atoms with Crippen molar-refractivity contribution >= 4 is 22.9 Å². The van der Waals surface area contributed by atoms with Gasteiger partial charge in [-0.05, 0) is 22.6 Å². The fourth-order valence-corrected chi connectivity index (χ4v) is 2.23. The summed E-state index contributed by atoms with van der Waals surface area (Å²) in [5, 5.41) is 6.70. The third-order valence-electron chi connectivity index (χ3n) is 2.49. The van der Waals surface area contributed by atoms with Gasteiger partial charge in [-0.2, -0.15) is 11.3 Å². The van der Waals surface area contributed by atoms with Gasteiger partial charge in [0.05, 0.1) is 12.1 Å². The Morgan fingerprint density at radius 3 is 2.65 bits per heavy atom. The molecule has 0 saturated carbocycles. The maximum Gasteiger partial charge on any atom is 0.228 e. The Hall–Kier alpha value is -1.65. The first-order valence-electron chi connectivity index (χ1n) is 5.38. The first-order valence-corrected chi connectivity index (χ1v) is 6.33. The summed E-state index contributed by atoms with van der Waals surface area (Å²) in [7, 11) is 0. The molecule has 0 fully saturated rings. The summed E-state index contributed by atoms with van der Waals surface area (Å²) in [5.41, 5.74) is 8.49. The summed E-state index contributed by atoms with van der Waals surface area (Å²) in [6.07, 6.45) is 0.364. The molecule has 1 aromatic heterocycles. The summed E-state index contributed by atoms with van der Waals surface area (Å²) in [6.45, 7) is 0.460. The van der Waals surface area contributed by atoms with Crippen molar-refractivity contribution in [1.29, 1.82) is 0 Å². The zero-order valence-corrected chi connectivity index (χ0v) is 10.2. The molecule has 0 aliphatic heterocycles. The second kappa shape index (κ2) is 5.61. The number of anilines is 1. The van der Waals surface area contributed by atoms with Gasteiger partial charge in [0.1, 0.15) is 0 Å². The first kappa shape index (κ1) is 11.8. The average Bonchev–Trinajstić information content (AvgIpc) is 2.82. The van der Waals surface area contributed by atoms with Gasteiger partial charge in [-0.3, -0.25) is 4.79 Å². The first-order chi connectivity index (χ1) is 8.29. The standard InChI is InChI=1S/C13H14N2OS/c14-8-11-4-2-1-3-10(11)7-13(16)15-12-5-6-17-9-12/h1-6,9H,7-8,14H2,(H,15,16). The van der Waals surface area contributed by atoms with Crippen LogP contribution in [0.2, 0.25) is 0 Å². The van der Waals surface area contributed by atoms with Gasteiger partial charge >= 0.3 is 0 Å². The molecule has 3 nitrogen and oxygen atoms in total. The van der Waals surface area contributed by atoms with Gasteiger partial charge in [0.15, 0.2) is 0 Å². The van der Waals surface area contributed by atoms with Crippen molar-refractivity contribution in [3.63, 3.8) is 0 Å². The van der Waals surface area contributed by atoms with Crippen LogP contribution in [0, 0.1) is 0 Å². The molecule has 0 spiro atoms. The molecule has 0 atom stereocenters. The molecule has 17 heavy (non-hydrogen) atoms. The Labute approximate surface area is 104 Å². The van der Waals surface area contributed by atoms with Crippen LogP contribution in [0.1, 0.15) is 11.1 Å². The van der Waals surface area contributed by atoms with E-state index in [-0.39, 0.29) is 5.91 Å². The number of benzene rings is 1. The molecular formula is C13H14N2OS. The predicted octanol–water partition coefficient (Wildman–Crippen LogP) is 2.39. The molecule has 2 rings (SSSR count). The summed E-state index contributed by atoms with van der Waals surface area (Å²) >= 11 is 1.56. The average molecular weight is 246 g/mol. The van der Waals surface area contributed by atoms with E-state index in [1.54, 1.807) is 11.3 Å². The van der Waals surface area contributed by atoms with Gasteiger partial charge in [0.25, 0.3) is 0 Å². The molecule has 0 unspecified atom stereocenters. The topological polar surface area (TPSA) is 55.1 Å². The molecule has 0 saturated heterocycles. The number of carbonyl (C=O) groups excluding carboxylic acids is 1. The Morgan fingerprint density at radius 1 is 1.24 bits per heavy atom. The molecule has 1 aromatic carbocycles. The van der Waals surface area contributed by atoms with Gasteiger partial charge in [0.2, 0.25) is 5.91 Å². The Morgan fingerprint density at radius 2 is 2.00 bits per heavy atom. The minimum atomic E-state index is -0.00991. The molecule has 0 radical (unpaired) electrons. The number of hydrogen-bond acceptors (Lipinski definition) is 3. The van der Waals surface area contributed by atoms with Crippen molar-refractivity contribution in [2.24, 2.45) is 5.73 Å². The van der Waals surface area contributed by atoms with Crippen LogP contribution < -0.4 is 11.1 Å². The number of hydrogen-bond donors (Lipinski definition) is 2. The van der Waals surface area contributed by atoms with Gasteiger partial charge in [-0.15, -0.1) is 0 Å². The quantitative estimate of drug-likeness (QED) is 0.870. The van der Waals surface area contributed by atoms with Gasteiger partial charge in [-0.1, -0.05) is 24.3 Å². The minimum Gasteiger partial charge on any atom is -0.326 e. The highest BCUT2D eigenvalue weighted by Gasteiger charge is 2.07. The SMILES string of the molecule is NCc1ccccc1CC(=O)Nc1ccsc1. The lowest BCUT2D eigenvalue weighted by Crippen LogP contribution is -2.15. The van der Waals surface area contributed by atoms with Crippen molar-refractivity contribution < 1.29 is 4.79 Å². The van der Waals surface area contributed by atoms with Gasteiger partial charge in [-0.25, -0.2) is 0 Å². The van der Waals surface area contributed by atoms with E-state index in [1.165, 1.54) is 0 Å². The summed E-state index contributed by atoms with van der Waals surface area (Å²) in [6, 6.07) is 9.63. The molecule has 88 valence electrons. The molecule has 0 aliphatic rings. The highest BCUT2D eigenvalue weighted by atomic mass is 32.1. The number of rotatable bonds is 4. The molecule has 3 N–H and O–H groups in total. The summed E-state index contributed by atoms with van der Waals surface area (Å²) < 4.78 is 0. The van der Waals surface area contributed by atoms with E-state index in [9.17, 15) is 4.79 Å². The van der Waals surface area contributed by atoms with Crippen LogP contribution in [0.15, 0.2) is 41.1 Å².